The third-order valence-corrected chi connectivity index (χ3v) is 5.77. The summed E-state index contributed by atoms with van der Waals surface area (Å²) in [5.41, 5.74) is 4.28. The first-order chi connectivity index (χ1) is 14.7. The number of methoxy groups -OCH3 is 1. The van der Waals surface area contributed by atoms with Gasteiger partial charge in [0, 0.05) is 18.7 Å². The van der Waals surface area contributed by atoms with Gasteiger partial charge in [0.15, 0.2) is 0 Å². The van der Waals surface area contributed by atoms with Gasteiger partial charge in [-0.2, -0.15) is 5.10 Å². The zero-order chi connectivity index (χ0) is 20.5. The van der Waals surface area contributed by atoms with E-state index in [1.807, 2.05) is 48.5 Å². The Labute approximate surface area is 175 Å². The van der Waals surface area contributed by atoms with Crippen LogP contribution in [0.4, 0.5) is 5.69 Å². The average molecular weight is 401 g/mol. The second-order valence-electron chi connectivity index (χ2n) is 7.55. The van der Waals surface area contributed by atoms with Crippen LogP contribution in [0.25, 0.3) is 0 Å². The van der Waals surface area contributed by atoms with Gasteiger partial charge in [-0.15, -0.1) is 0 Å². The molecule has 0 saturated heterocycles. The van der Waals surface area contributed by atoms with Gasteiger partial charge in [-0.1, -0.05) is 18.2 Å². The molecule has 1 amide bonds. The number of rotatable bonds is 5. The molecule has 6 nitrogen and oxygen atoms in total. The zero-order valence-corrected chi connectivity index (χ0v) is 16.8. The molecule has 0 radical (unpaired) electrons. The van der Waals surface area contributed by atoms with Gasteiger partial charge >= 0.3 is 0 Å². The fourth-order valence-electron chi connectivity index (χ4n) is 4.21. The molecule has 0 fully saturated rings. The van der Waals surface area contributed by atoms with Gasteiger partial charge in [0.1, 0.15) is 17.6 Å². The lowest BCUT2D eigenvalue weighted by atomic mass is 10.0. The third-order valence-electron chi connectivity index (χ3n) is 5.77. The minimum Gasteiger partial charge on any atom is -0.497 e. The SMILES string of the molecule is COc1ccc(C2=NN(C(=O)CN3CCc4ccccc43)[C@H](c3ccco3)C2)cc1. The topological polar surface area (TPSA) is 58.3 Å². The Morgan fingerprint density at radius 2 is 1.97 bits per heavy atom. The maximum Gasteiger partial charge on any atom is 0.262 e. The van der Waals surface area contributed by atoms with Crippen molar-refractivity contribution in [1.82, 2.24) is 5.01 Å². The number of carbonyl (C=O) groups is 1. The molecule has 0 unspecified atom stereocenters. The van der Waals surface area contributed by atoms with E-state index >= 15 is 0 Å². The molecule has 6 heteroatoms. The van der Waals surface area contributed by atoms with Crippen molar-refractivity contribution in [3.8, 4) is 5.75 Å². The van der Waals surface area contributed by atoms with E-state index < -0.39 is 0 Å². The van der Waals surface area contributed by atoms with Crippen LogP contribution in [0, 0.1) is 0 Å². The summed E-state index contributed by atoms with van der Waals surface area (Å²) in [6.45, 7) is 1.15. The van der Waals surface area contributed by atoms with E-state index in [0.717, 1.165) is 41.4 Å². The van der Waals surface area contributed by atoms with E-state index in [2.05, 4.69) is 17.0 Å². The number of anilines is 1. The van der Waals surface area contributed by atoms with Crippen LogP contribution in [0.1, 0.15) is 29.3 Å². The summed E-state index contributed by atoms with van der Waals surface area (Å²) >= 11 is 0. The summed E-state index contributed by atoms with van der Waals surface area (Å²) in [4.78, 5) is 15.4. The zero-order valence-electron chi connectivity index (χ0n) is 16.8. The molecule has 0 N–H and O–H groups in total. The van der Waals surface area contributed by atoms with Crippen molar-refractivity contribution in [3.05, 3.63) is 83.8 Å². The number of amides is 1. The Morgan fingerprint density at radius 1 is 1.13 bits per heavy atom. The van der Waals surface area contributed by atoms with Crippen LogP contribution in [-0.2, 0) is 11.2 Å². The summed E-state index contributed by atoms with van der Waals surface area (Å²) in [7, 11) is 1.64. The minimum absolute atomic E-state index is 0.0309. The Kier molecular flexibility index (Phi) is 4.75. The molecule has 0 spiro atoms. The molecule has 1 atom stereocenters. The quantitative estimate of drug-likeness (QED) is 0.648. The van der Waals surface area contributed by atoms with E-state index in [-0.39, 0.29) is 11.9 Å². The normalized spacial score (nSPS) is 17.8. The number of hydrazone groups is 1. The molecule has 2 aliphatic rings. The van der Waals surface area contributed by atoms with E-state index in [0.29, 0.717) is 13.0 Å². The average Bonchev–Trinajstić information content (AvgIpc) is 3.53. The number of para-hydroxylation sites is 1. The number of hydrogen-bond acceptors (Lipinski definition) is 5. The molecule has 152 valence electrons. The molecule has 3 heterocycles. The van der Waals surface area contributed by atoms with Crippen LogP contribution in [0.3, 0.4) is 0 Å². The monoisotopic (exact) mass is 401 g/mol. The summed E-state index contributed by atoms with van der Waals surface area (Å²) in [5, 5.41) is 6.32. The number of fused-ring (bicyclic) bond motifs is 1. The van der Waals surface area contributed by atoms with Crippen molar-refractivity contribution >= 4 is 17.3 Å². The van der Waals surface area contributed by atoms with Crippen LogP contribution in [0.2, 0.25) is 0 Å². The first kappa shape index (κ1) is 18.5. The first-order valence-electron chi connectivity index (χ1n) is 10.1. The van der Waals surface area contributed by atoms with Crippen molar-refractivity contribution in [3.63, 3.8) is 0 Å². The molecule has 30 heavy (non-hydrogen) atoms. The van der Waals surface area contributed by atoms with Gasteiger partial charge in [0.05, 0.1) is 25.6 Å². The Morgan fingerprint density at radius 3 is 2.73 bits per heavy atom. The van der Waals surface area contributed by atoms with E-state index in [1.165, 1.54) is 5.56 Å². The first-order valence-corrected chi connectivity index (χ1v) is 10.1. The smallest absolute Gasteiger partial charge is 0.262 e. The lowest BCUT2D eigenvalue weighted by Crippen LogP contribution is -2.37. The molecule has 0 bridgehead atoms. The molecule has 3 aromatic rings. The minimum atomic E-state index is -0.234. The maximum absolute atomic E-state index is 13.3. The molecular formula is C24H23N3O3. The highest BCUT2D eigenvalue weighted by molar-refractivity contribution is 6.03. The standard InChI is InChI=1S/C24H23N3O3/c1-29-19-10-8-17(9-11-19)20-15-22(23-7-4-14-30-23)27(25-20)24(28)16-26-13-12-18-5-2-3-6-21(18)26/h2-11,14,22H,12-13,15-16H2,1H3/t22-/m0/s1. The third kappa shape index (κ3) is 3.34. The highest BCUT2D eigenvalue weighted by atomic mass is 16.5. The number of furan rings is 1. The fraction of sp³-hybridized carbons (Fsp3) is 0.250. The maximum atomic E-state index is 13.3. The second kappa shape index (κ2) is 7.71. The highest BCUT2D eigenvalue weighted by Gasteiger charge is 2.36. The lowest BCUT2D eigenvalue weighted by molar-refractivity contribution is -0.131. The van der Waals surface area contributed by atoms with Gasteiger partial charge < -0.3 is 14.1 Å². The molecule has 0 saturated carbocycles. The molecule has 1 aromatic heterocycles. The molecule has 2 aliphatic heterocycles. The predicted molar refractivity (Wildman–Crippen MR) is 115 cm³/mol. The number of ether oxygens (including phenoxy) is 1. The Balaban J connectivity index is 1.41. The van der Waals surface area contributed by atoms with Crippen molar-refractivity contribution < 1.29 is 13.9 Å². The summed E-state index contributed by atoms with van der Waals surface area (Å²) in [5.74, 6) is 1.51. The highest BCUT2D eigenvalue weighted by Crippen LogP contribution is 2.34. The van der Waals surface area contributed by atoms with E-state index in [1.54, 1.807) is 18.4 Å². The van der Waals surface area contributed by atoms with Crippen LogP contribution >= 0.6 is 0 Å². The number of carbonyl (C=O) groups excluding carboxylic acids is 1. The lowest BCUT2D eigenvalue weighted by Gasteiger charge is -2.24. The molecule has 5 rings (SSSR count). The summed E-state index contributed by atoms with van der Waals surface area (Å²) < 4.78 is 10.9. The van der Waals surface area contributed by atoms with Gasteiger partial charge in [-0.3, -0.25) is 4.79 Å². The van der Waals surface area contributed by atoms with Crippen molar-refractivity contribution in [2.24, 2.45) is 5.10 Å². The number of nitrogens with zero attached hydrogens (tertiary/aromatic N) is 3. The summed E-state index contributed by atoms with van der Waals surface area (Å²) in [6, 6.07) is 19.5. The van der Waals surface area contributed by atoms with Crippen LogP contribution < -0.4 is 9.64 Å². The van der Waals surface area contributed by atoms with Gasteiger partial charge in [0.25, 0.3) is 5.91 Å². The van der Waals surface area contributed by atoms with E-state index in [9.17, 15) is 4.79 Å². The number of benzene rings is 2. The van der Waals surface area contributed by atoms with Gasteiger partial charge in [-0.05, 0) is 60.0 Å². The van der Waals surface area contributed by atoms with Crippen molar-refractivity contribution in [2.45, 2.75) is 18.9 Å². The van der Waals surface area contributed by atoms with Crippen LogP contribution in [0.5, 0.6) is 5.75 Å². The molecule has 2 aromatic carbocycles. The molecule has 0 aliphatic carbocycles. The largest absolute Gasteiger partial charge is 0.497 e. The van der Waals surface area contributed by atoms with Crippen LogP contribution in [-0.4, -0.2) is 36.8 Å². The van der Waals surface area contributed by atoms with Gasteiger partial charge in [-0.25, -0.2) is 5.01 Å². The van der Waals surface area contributed by atoms with E-state index in [4.69, 9.17) is 14.3 Å². The number of hydrogen-bond donors (Lipinski definition) is 0. The molecular weight excluding hydrogens is 378 g/mol. The fourth-order valence-corrected chi connectivity index (χ4v) is 4.21. The Hall–Kier alpha value is -3.54. The Bertz CT molecular complexity index is 1070. The summed E-state index contributed by atoms with van der Waals surface area (Å²) in [6.07, 6.45) is 3.22. The predicted octanol–water partition coefficient (Wildman–Crippen LogP) is 4.03. The second-order valence-corrected chi connectivity index (χ2v) is 7.55. The van der Waals surface area contributed by atoms with Gasteiger partial charge in [0.2, 0.25) is 0 Å². The van der Waals surface area contributed by atoms with Crippen LogP contribution in [0.15, 0.2) is 76.4 Å². The van der Waals surface area contributed by atoms with Crippen molar-refractivity contribution in [2.75, 3.05) is 25.1 Å². The van der Waals surface area contributed by atoms with Crippen molar-refractivity contribution in [1.29, 1.82) is 0 Å².